The standard InChI is InChI=1S/C19H25ClN6O3/c1-25(15-3-2-6-26(11-15)17(27)10-22-18(21)28)19(29)23-9-14-8-12-7-13(20)4-5-16(12)24-14/h4-5,7-8,15,24H,2-3,6,9-11H2,1H3,(H,23,29)(H3,21,22,28). The molecule has 5 N–H and O–H groups in total. The molecule has 3 rings (SSSR count). The number of urea groups is 2. The number of H-pyrrole nitrogens is 1. The van der Waals surface area contributed by atoms with Crippen molar-refractivity contribution in [1.29, 1.82) is 0 Å². The Morgan fingerprint density at radius 2 is 2.10 bits per heavy atom. The molecule has 29 heavy (non-hydrogen) atoms. The highest BCUT2D eigenvalue weighted by Gasteiger charge is 2.28. The van der Waals surface area contributed by atoms with Crippen molar-refractivity contribution in [3.05, 3.63) is 35.0 Å². The van der Waals surface area contributed by atoms with Crippen LogP contribution < -0.4 is 16.4 Å². The first-order chi connectivity index (χ1) is 13.8. The highest BCUT2D eigenvalue weighted by atomic mass is 35.5. The molecule has 0 radical (unpaired) electrons. The minimum absolute atomic E-state index is 0.0946. The topological polar surface area (TPSA) is 124 Å². The third-order valence-corrected chi connectivity index (χ3v) is 5.33. The summed E-state index contributed by atoms with van der Waals surface area (Å²) >= 11 is 6.01. The van der Waals surface area contributed by atoms with Crippen LogP contribution >= 0.6 is 11.6 Å². The maximum Gasteiger partial charge on any atom is 0.317 e. The fraction of sp³-hybridized carbons (Fsp3) is 0.421. The van der Waals surface area contributed by atoms with E-state index in [9.17, 15) is 14.4 Å². The van der Waals surface area contributed by atoms with Gasteiger partial charge in [0.25, 0.3) is 0 Å². The van der Waals surface area contributed by atoms with Crippen LogP contribution in [-0.2, 0) is 11.3 Å². The van der Waals surface area contributed by atoms with Gasteiger partial charge in [0.1, 0.15) is 0 Å². The summed E-state index contributed by atoms with van der Waals surface area (Å²) in [5.41, 5.74) is 6.84. The van der Waals surface area contributed by atoms with Gasteiger partial charge in [-0.1, -0.05) is 11.6 Å². The zero-order valence-electron chi connectivity index (χ0n) is 16.2. The first-order valence-electron chi connectivity index (χ1n) is 9.42. The van der Waals surface area contributed by atoms with Crippen LogP contribution in [0.1, 0.15) is 18.5 Å². The zero-order chi connectivity index (χ0) is 21.0. The van der Waals surface area contributed by atoms with E-state index in [1.54, 1.807) is 16.8 Å². The van der Waals surface area contributed by atoms with Crippen molar-refractivity contribution in [2.75, 3.05) is 26.7 Å². The monoisotopic (exact) mass is 420 g/mol. The Balaban J connectivity index is 1.53. The van der Waals surface area contributed by atoms with Crippen LogP contribution in [0.25, 0.3) is 10.9 Å². The predicted molar refractivity (Wildman–Crippen MR) is 110 cm³/mol. The molecule has 1 unspecified atom stereocenters. The molecule has 5 amide bonds. The van der Waals surface area contributed by atoms with Crippen LogP contribution in [0, 0.1) is 0 Å². The Morgan fingerprint density at radius 1 is 1.31 bits per heavy atom. The number of aromatic amines is 1. The Labute approximate surface area is 173 Å². The van der Waals surface area contributed by atoms with Crippen molar-refractivity contribution < 1.29 is 14.4 Å². The lowest BCUT2D eigenvalue weighted by molar-refractivity contribution is -0.131. The van der Waals surface area contributed by atoms with Gasteiger partial charge in [0, 0.05) is 41.8 Å². The summed E-state index contributed by atoms with van der Waals surface area (Å²) < 4.78 is 0. The van der Waals surface area contributed by atoms with Crippen molar-refractivity contribution >= 4 is 40.5 Å². The number of likely N-dealkylation sites (tertiary alicyclic amines) is 1. The second-order valence-corrected chi connectivity index (χ2v) is 7.59. The highest BCUT2D eigenvalue weighted by molar-refractivity contribution is 6.31. The largest absolute Gasteiger partial charge is 0.357 e. The van der Waals surface area contributed by atoms with Gasteiger partial charge in [-0.15, -0.1) is 0 Å². The summed E-state index contributed by atoms with van der Waals surface area (Å²) in [6.07, 6.45) is 1.59. The van der Waals surface area contributed by atoms with E-state index in [0.717, 1.165) is 29.4 Å². The number of nitrogens with zero attached hydrogens (tertiary/aromatic N) is 2. The molecule has 0 spiro atoms. The van der Waals surface area contributed by atoms with E-state index in [1.807, 2.05) is 24.3 Å². The molecule has 1 fully saturated rings. The number of likely N-dealkylation sites (N-methyl/N-ethyl adjacent to an activating group) is 1. The zero-order valence-corrected chi connectivity index (χ0v) is 17.0. The molecule has 1 aliphatic rings. The third-order valence-electron chi connectivity index (χ3n) is 5.10. The maximum absolute atomic E-state index is 12.6. The quantitative estimate of drug-likeness (QED) is 0.587. The molecule has 1 saturated heterocycles. The van der Waals surface area contributed by atoms with Gasteiger partial charge in [0.15, 0.2) is 0 Å². The van der Waals surface area contributed by atoms with Crippen molar-refractivity contribution in [2.45, 2.75) is 25.4 Å². The number of hydrogen-bond acceptors (Lipinski definition) is 3. The van der Waals surface area contributed by atoms with Crippen LogP contribution in [0.5, 0.6) is 0 Å². The van der Waals surface area contributed by atoms with Gasteiger partial charge in [0.2, 0.25) is 5.91 Å². The number of halogens is 1. The Bertz CT molecular complexity index is 914. The van der Waals surface area contributed by atoms with E-state index < -0.39 is 6.03 Å². The molecule has 2 heterocycles. The number of fused-ring (bicyclic) bond motifs is 1. The number of carbonyl (C=O) groups is 3. The second kappa shape index (κ2) is 9.04. The maximum atomic E-state index is 12.6. The molecule has 2 aromatic rings. The van der Waals surface area contributed by atoms with E-state index in [4.69, 9.17) is 17.3 Å². The average molecular weight is 421 g/mol. The number of hydrogen-bond donors (Lipinski definition) is 4. The third kappa shape index (κ3) is 5.32. The molecule has 9 nitrogen and oxygen atoms in total. The molecule has 1 aliphatic heterocycles. The van der Waals surface area contributed by atoms with Gasteiger partial charge >= 0.3 is 12.1 Å². The Hall–Kier alpha value is -2.94. The molecule has 1 aromatic heterocycles. The summed E-state index contributed by atoms with van der Waals surface area (Å²) in [5, 5.41) is 6.86. The molecule has 1 aromatic carbocycles. The van der Waals surface area contributed by atoms with E-state index in [0.29, 0.717) is 24.7 Å². The molecule has 0 saturated carbocycles. The number of amides is 5. The van der Waals surface area contributed by atoms with Gasteiger partial charge in [-0.3, -0.25) is 4.79 Å². The van der Waals surface area contributed by atoms with E-state index in [-0.39, 0.29) is 24.5 Å². The van der Waals surface area contributed by atoms with Gasteiger partial charge < -0.3 is 31.2 Å². The number of piperidine rings is 1. The SMILES string of the molecule is CN(C(=O)NCc1cc2cc(Cl)ccc2[nH]1)C1CCCN(C(=O)CNC(N)=O)C1. The van der Waals surface area contributed by atoms with Crippen molar-refractivity contribution in [2.24, 2.45) is 5.73 Å². The molecule has 10 heteroatoms. The number of nitrogens with one attached hydrogen (secondary N) is 3. The highest BCUT2D eigenvalue weighted by Crippen LogP contribution is 2.20. The van der Waals surface area contributed by atoms with Crippen molar-refractivity contribution in [1.82, 2.24) is 25.4 Å². The van der Waals surface area contributed by atoms with E-state index in [2.05, 4.69) is 15.6 Å². The molecule has 156 valence electrons. The summed E-state index contributed by atoms with van der Waals surface area (Å²) in [4.78, 5) is 42.1. The molecule has 1 atom stereocenters. The fourth-order valence-corrected chi connectivity index (χ4v) is 3.67. The molecule has 0 bridgehead atoms. The van der Waals surface area contributed by atoms with Crippen LogP contribution in [0.4, 0.5) is 9.59 Å². The van der Waals surface area contributed by atoms with E-state index >= 15 is 0 Å². The number of aromatic nitrogens is 1. The molecule has 0 aliphatic carbocycles. The van der Waals surface area contributed by atoms with Gasteiger partial charge in [-0.25, -0.2) is 9.59 Å². The summed E-state index contributed by atoms with van der Waals surface area (Å²) in [7, 11) is 1.72. The number of primary amides is 1. The van der Waals surface area contributed by atoms with Gasteiger partial charge in [0.05, 0.1) is 19.1 Å². The van der Waals surface area contributed by atoms with Gasteiger partial charge in [-0.2, -0.15) is 0 Å². The number of nitrogens with two attached hydrogens (primary N) is 1. The average Bonchev–Trinajstić information content (AvgIpc) is 3.11. The van der Waals surface area contributed by atoms with Crippen LogP contribution in [0.2, 0.25) is 5.02 Å². The van der Waals surface area contributed by atoms with Crippen molar-refractivity contribution in [3.8, 4) is 0 Å². The van der Waals surface area contributed by atoms with Crippen molar-refractivity contribution in [3.63, 3.8) is 0 Å². The van der Waals surface area contributed by atoms with Crippen LogP contribution in [0.15, 0.2) is 24.3 Å². The van der Waals surface area contributed by atoms with Crippen LogP contribution in [-0.4, -0.2) is 65.5 Å². The predicted octanol–water partition coefficient (Wildman–Crippen LogP) is 1.62. The lowest BCUT2D eigenvalue weighted by Crippen LogP contribution is -2.54. The smallest absolute Gasteiger partial charge is 0.317 e. The van der Waals surface area contributed by atoms with Gasteiger partial charge in [-0.05, 0) is 37.1 Å². The fourth-order valence-electron chi connectivity index (χ4n) is 3.49. The summed E-state index contributed by atoms with van der Waals surface area (Å²) in [6.45, 7) is 1.24. The number of benzene rings is 1. The Morgan fingerprint density at radius 3 is 2.86 bits per heavy atom. The first-order valence-corrected chi connectivity index (χ1v) is 9.80. The number of carbonyl (C=O) groups excluding carboxylic acids is 3. The van der Waals surface area contributed by atoms with Crippen LogP contribution in [0.3, 0.4) is 0 Å². The number of rotatable bonds is 5. The summed E-state index contributed by atoms with van der Waals surface area (Å²) in [5.74, 6) is -0.209. The minimum atomic E-state index is -0.734. The first kappa shape index (κ1) is 20.8. The molecular weight excluding hydrogens is 396 g/mol. The Kier molecular flexibility index (Phi) is 6.48. The minimum Gasteiger partial charge on any atom is -0.357 e. The van der Waals surface area contributed by atoms with E-state index in [1.165, 1.54) is 0 Å². The second-order valence-electron chi connectivity index (χ2n) is 7.15. The summed E-state index contributed by atoms with van der Waals surface area (Å²) in [6, 6.07) is 6.49. The normalized spacial score (nSPS) is 16.5. The lowest BCUT2D eigenvalue weighted by atomic mass is 10.0. The molecular formula is C19H25ClN6O3. The lowest BCUT2D eigenvalue weighted by Gasteiger charge is -2.37.